The average molecular weight is 693 g/mol. The fourth-order valence-corrected chi connectivity index (χ4v) is 6.18. The van der Waals surface area contributed by atoms with Crippen molar-refractivity contribution >= 4 is 27.8 Å². The van der Waals surface area contributed by atoms with E-state index in [1.807, 2.05) is 84.9 Å². The number of hydrogen-bond donors (Lipinski definition) is 0. The molecule has 0 aliphatic rings. The number of hydrogen-bond acceptors (Lipinski definition) is 1. The summed E-state index contributed by atoms with van der Waals surface area (Å²) in [4.78, 5) is 0.675. The van der Waals surface area contributed by atoms with Gasteiger partial charge in [0, 0.05) is 17.1 Å². The van der Waals surface area contributed by atoms with Crippen LogP contribution in [0.1, 0.15) is 23.3 Å². The van der Waals surface area contributed by atoms with Gasteiger partial charge in [-0.05, 0) is 115 Å². The van der Waals surface area contributed by atoms with Gasteiger partial charge in [0.1, 0.15) is 0 Å². The van der Waals surface area contributed by atoms with Gasteiger partial charge in [0.2, 0.25) is 0 Å². The molecule has 0 aliphatic carbocycles. The maximum absolute atomic E-state index is 9.58. The Morgan fingerprint density at radius 1 is 0.302 bits per heavy atom. The summed E-state index contributed by atoms with van der Waals surface area (Å²) in [5.74, 6) is 0. The maximum atomic E-state index is 9.58. The molecule has 9 aromatic carbocycles. The van der Waals surface area contributed by atoms with E-state index in [4.69, 9.17) is 6.85 Å². The van der Waals surface area contributed by atoms with Gasteiger partial charge in [-0.3, -0.25) is 0 Å². The highest BCUT2D eigenvalue weighted by Gasteiger charge is 2.14. The van der Waals surface area contributed by atoms with Gasteiger partial charge in [0.05, 0.1) is 23.3 Å². The largest absolute Gasteiger partial charge is 0.311 e. The van der Waals surface area contributed by atoms with Crippen LogP contribution in [0.15, 0.2) is 224 Å². The lowest BCUT2D eigenvalue weighted by molar-refractivity contribution is 1.28. The summed E-state index contributed by atoms with van der Waals surface area (Å²) in [5.41, 5.74) is -0.278. The van der Waals surface area contributed by atoms with Crippen LogP contribution in [0.2, 0.25) is 0 Å². The zero-order valence-electron chi connectivity index (χ0n) is 45.0. The molecule has 53 heavy (non-hydrogen) atoms. The third kappa shape index (κ3) is 6.65. The Kier molecular flexibility index (Phi) is 5.01. The van der Waals surface area contributed by atoms with Crippen molar-refractivity contribution in [1.82, 2.24) is 0 Å². The van der Waals surface area contributed by atoms with Crippen LogP contribution in [0, 0.1) is 0 Å². The normalized spacial score (nSPS) is 15.5. The minimum absolute atomic E-state index is 0.145. The number of rotatable bonds is 8. The monoisotopic (exact) mass is 692 g/mol. The smallest absolute Gasteiger partial charge is 0.0645 e. The van der Waals surface area contributed by atoms with E-state index in [1.54, 1.807) is 36.4 Å². The van der Waals surface area contributed by atoms with Crippen molar-refractivity contribution in [2.24, 2.45) is 0 Å². The van der Waals surface area contributed by atoms with Gasteiger partial charge in [-0.15, -0.1) is 0 Å². The lowest BCUT2D eigenvalue weighted by Gasteiger charge is -2.26. The number of benzene rings is 9. The lowest BCUT2D eigenvalue weighted by atomic mass is 9.95. The number of nitrogens with zero attached hydrogens (tertiary/aromatic N) is 1. The molecule has 0 bridgehead atoms. The van der Waals surface area contributed by atoms with E-state index in [2.05, 4.69) is 0 Å². The van der Waals surface area contributed by atoms with Crippen molar-refractivity contribution in [1.29, 1.82) is 0 Å². The van der Waals surface area contributed by atoms with Crippen LogP contribution in [0.3, 0.4) is 0 Å². The first-order valence-electron chi connectivity index (χ1n) is 25.3. The number of fused-ring (bicyclic) bond motifs is 1. The van der Waals surface area contributed by atoms with E-state index in [1.165, 1.54) is 0 Å². The summed E-state index contributed by atoms with van der Waals surface area (Å²) in [6.45, 7) is 0. The fourth-order valence-electron chi connectivity index (χ4n) is 6.18. The van der Waals surface area contributed by atoms with Gasteiger partial charge in [-0.25, -0.2) is 0 Å². The van der Waals surface area contributed by atoms with Gasteiger partial charge >= 0.3 is 0 Å². The van der Waals surface area contributed by atoms with E-state index in [0.717, 1.165) is 21.9 Å². The molecule has 0 N–H and O–H groups in total. The second kappa shape index (κ2) is 14.3. The Bertz CT molecular complexity index is 3530. The predicted molar refractivity (Wildman–Crippen MR) is 226 cm³/mol. The van der Waals surface area contributed by atoms with Gasteiger partial charge < -0.3 is 4.90 Å². The Morgan fingerprint density at radius 3 is 1.32 bits per heavy atom. The van der Waals surface area contributed by atoms with E-state index in [9.17, 15) is 16.4 Å². The Hall–Kier alpha value is -6.96. The molecule has 0 aliphatic heterocycles. The average Bonchev–Trinajstić information content (AvgIpc) is 3.37. The highest BCUT2D eigenvalue weighted by molar-refractivity contribution is 5.97. The number of anilines is 3. The molecule has 0 saturated carbocycles. The van der Waals surface area contributed by atoms with Gasteiger partial charge in [-0.1, -0.05) is 176 Å². The first kappa shape index (κ1) is 18.5. The summed E-state index contributed by atoms with van der Waals surface area (Å²) in [6.07, 6.45) is 0. The van der Waals surface area contributed by atoms with Gasteiger partial charge in [0.25, 0.3) is 0 Å². The summed E-state index contributed by atoms with van der Waals surface area (Å²) in [6, 6.07) is 22.9. The lowest BCUT2D eigenvalue weighted by Crippen LogP contribution is -2.09. The minimum atomic E-state index is -0.983. The molecule has 0 fully saturated rings. The molecule has 0 heterocycles. The molecule has 9 rings (SSSR count). The summed E-state index contributed by atoms with van der Waals surface area (Å²) < 4.78 is 155. The third-order valence-corrected chi connectivity index (χ3v) is 8.77. The molecule has 250 valence electrons. The fraction of sp³-hybridized carbons (Fsp3) is 0. The summed E-state index contributed by atoms with van der Waals surface area (Å²) in [5, 5.41) is 1.90. The second-order valence-electron chi connectivity index (χ2n) is 12.1. The van der Waals surface area contributed by atoms with Crippen LogP contribution in [0.5, 0.6) is 0 Å². The molecule has 1 nitrogen and oxygen atoms in total. The van der Waals surface area contributed by atoms with E-state index < -0.39 is 131 Å². The van der Waals surface area contributed by atoms with Crippen LogP contribution < -0.4 is 4.90 Å². The molecule has 0 aromatic heterocycles. The van der Waals surface area contributed by atoms with Crippen molar-refractivity contribution in [2.45, 2.75) is 0 Å². The Balaban J connectivity index is 1.33. The molecule has 0 radical (unpaired) electrons. The highest BCUT2D eigenvalue weighted by atomic mass is 15.1. The SMILES string of the molecule is [2H]c1c([2H])c([2H])c(-c2c([2H])c([2H])c(N(c3c([2H])c([2H])c(-c4cccc(-c5ccccc5)c4)c([2H])c3[2H])c3c([2H])c([2H])c(-c4cccc(-c5cccc6ccccc56)c4)c([2H])c3[2H])c([2H])c2[2H])c([2H])c1[2H]. The van der Waals surface area contributed by atoms with Crippen LogP contribution in [0.4, 0.5) is 17.1 Å². The van der Waals surface area contributed by atoms with Crippen molar-refractivity contribution in [3.05, 3.63) is 224 Å². The van der Waals surface area contributed by atoms with Crippen LogP contribution in [-0.2, 0) is 0 Å². The van der Waals surface area contributed by atoms with Gasteiger partial charge in [-0.2, -0.15) is 0 Å². The molecule has 1 heteroatoms. The summed E-state index contributed by atoms with van der Waals surface area (Å²) in [7, 11) is 0. The van der Waals surface area contributed by atoms with Gasteiger partial charge in [0.15, 0.2) is 0 Å². The third-order valence-electron chi connectivity index (χ3n) is 8.77. The summed E-state index contributed by atoms with van der Waals surface area (Å²) >= 11 is 0. The quantitative estimate of drug-likeness (QED) is 0.153. The molecule has 0 unspecified atom stereocenters. The molecule has 0 spiro atoms. The van der Waals surface area contributed by atoms with Crippen molar-refractivity contribution < 1.29 is 23.3 Å². The Morgan fingerprint density at radius 2 is 0.717 bits per heavy atom. The molecule has 0 amide bonds. The first-order chi connectivity index (χ1) is 33.4. The predicted octanol–water partition coefficient (Wildman–Crippen LogP) is 14.6. The molecular formula is C52H37N. The van der Waals surface area contributed by atoms with Crippen LogP contribution in [0.25, 0.3) is 66.4 Å². The Labute approximate surface area is 335 Å². The minimum Gasteiger partial charge on any atom is -0.311 e. The zero-order chi connectivity index (χ0) is 50.2. The molecule has 9 aromatic rings. The standard InChI is InChI=1S/C52H37N/c1-3-12-38(13-4-1)40-24-30-48(31-25-40)53(49-32-26-41(27-33-49)45-19-9-18-44(36-45)39-14-5-2-6-15-39)50-34-28-42(29-35-50)46-20-10-21-47(37-46)52-23-11-17-43-16-7-8-22-51(43)52/h1-37H/i1D,3D,4D,12D,13D,24D,25D,26D,27D,28D,29D,30D,31D,32D,33D,34D,35D. The molecule has 0 atom stereocenters. The van der Waals surface area contributed by atoms with E-state index in [-0.39, 0.29) is 11.1 Å². The second-order valence-corrected chi connectivity index (χ2v) is 12.1. The van der Waals surface area contributed by atoms with Crippen LogP contribution >= 0.6 is 0 Å². The van der Waals surface area contributed by atoms with E-state index >= 15 is 0 Å². The zero-order valence-corrected chi connectivity index (χ0v) is 28.0. The topological polar surface area (TPSA) is 3.24 Å². The maximum Gasteiger partial charge on any atom is 0.0645 e. The molecule has 0 saturated heterocycles. The van der Waals surface area contributed by atoms with Crippen molar-refractivity contribution in [2.75, 3.05) is 4.90 Å². The van der Waals surface area contributed by atoms with Crippen molar-refractivity contribution in [3.8, 4) is 55.6 Å². The van der Waals surface area contributed by atoms with Crippen LogP contribution in [-0.4, -0.2) is 0 Å². The van der Waals surface area contributed by atoms with Crippen molar-refractivity contribution in [3.63, 3.8) is 0 Å². The highest BCUT2D eigenvalue weighted by Crippen LogP contribution is 2.39. The molecular weight excluding hydrogens is 639 g/mol. The first-order valence-corrected chi connectivity index (χ1v) is 16.8. The van der Waals surface area contributed by atoms with E-state index in [0.29, 0.717) is 27.2 Å².